The highest BCUT2D eigenvalue weighted by molar-refractivity contribution is 9.09. The van der Waals surface area contributed by atoms with Gasteiger partial charge in [0, 0.05) is 38.2 Å². The SMILES string of the molecule is CCOCCN(CCOCC)CC(C)CBr. The Labute approximate surface area is 109 Å². The fraction of sp³-hybridized carbons (Fsp3) is 1.00. The van der Waals surface area contributed by atoms with Gasteiger partial charge in [-0.2, -0.15) is 0 Å². The molecular formula is C12H26BrNO2. The van der Waals surface area contributed by atoms with Crippen molar-refractivity contribution in [3.63, 3.8) is 0 Å². The van der Waals surface area contributed by atoms with E-state index in [1.54, 1.807) is 0 Å². The van der Waals surface area contributed by atoms with E-state index >= 15 is 0 Å². The number of hydrogen-bond acceptors (Lipinski definition) is 3. The minimum Gasteiger partial charge on any atom is -0.380 e. The van der Waals surface area contributed by atoms with Crippen LogP contribution >= 0.6 is 15.9 Å². The zero-order valence-electron chi connectivity index (χ0n) is 10.9. The molecule has 0 heterocycles. The Kier molecular flexibility index (Phi) is 12.1. The molecular weight excluding hydrogens is 270 g/mol. The molecule has 0 aromatic carbocycles. The molecule has 0 rings (SSSR count). The predicted molar refractivity (Wildman–Crippen MR) is 72.4 cm³/mol. The van der Waals surface area contributed by atoms with Gasteiger partial charge in [-0.15, -0.1) is 0 Å². The lowest BCUT2D eigenvalue weighted by molar-refractivity contribution is 0.0782. The maximum atomic E-state index is 5.39. The van der Waals surface area contributed by atoms with Crippen molar-refractivity contribution < 1.29 is 9.47 Å². The normalized spacial score (nSPS) is 13.3. The molecule has 16 heavy (non-hydrogen) atoms. The molecule has 0 amide bonds. The number of nitrogens with zero attached hydrogens (tertiary/aromatic N) is 1. The van der Waals surface area contributed by atoms with Crippen LogP contribution < -0.4 is 0 Å². The molecule has 0 fully saturated rings. The molecule has 0 N–H and O–H groups in total. The summed E-state index contributed by atoms with van der Waals surface area (Å²) in [4.78, 5) is 2.41. The highest BCUT2D eigenvalue weighted by atomic mass is 79.9. The Morgan fingerprint density at radius 2 is 1.56 bits per heavy atom. The van der Waals surface area contributed by atoms with E-state index in [1.807, 2.05) is 13.8 Å². The molecule has 1 unspecified atom stereocenters. The summed E-state index contributed by atoms with van der Waals surface area (Å²) in [5.74, 6) is 0.670. The third-order valence-electron chi connectivity index (χ3n) is 2.35. The van der Waals surface area contributed by atoms with Gasteiger partial charge in [-0.1, -0.05) is 22.9 Å². The highest BCUT2D eigenvalue weighted by Crippen LogP contribution is 2.03. The van der Waals surface area contributed by atoms with Crippen LogP contribution in [0.3, 0.4) is 0 Å². The summed E-state index contributed by atoms with van der Waals surface area (Å²) in [5, 5.41) is 1.05. The quantitative estimate of drug-likeness (QED) is 0.432. The molecule has 0 saturated heterocycles. The highest BCUT2D eigenvalue weighted by Gasteiger charge is 2.09. The smallest absolute Gasteiger partial charge is 0.0593 e. The van der Waals surface area contributed by atoms with Crippen molar-refractivity contribution in [3.8, 4) is 0 Å². The molecule has 0 saturated carbocycles. The lowest BCUT2D eigenvalue weighted by atomic mass is 10.2. The lowest BCUT2D eigenvalue weighted by Crippen LogP contribution is -2.35. The average molecular weight is 296 g/mol. The van der Waals surface area contributed by atoms with E-state index in [0.717, 1.165) is 51.4 Å². The Morgan fingerprint density at radius 1 is 1.06 bits per heavy atom. The van der Waals surface area contributed by atoms with E-state index in [1.165, 1.54) is 0 Å². The van der Waals surface area contributed by atoms with Gasteiger partial charge in [0.2, 0.25) is 0 Å². The van der Waals surface area contributed by atoms with Crippen LogP contribution in [0.1, 0.15) is 20.8 Å². The molecule has 0 aromatic rings. The Balaban J connectivity index is 3.75. The Bertz CT molecular complexity index is 137. The first kappa shape index (κ1) is 16.4. The zero-order chi connectivity index (χ0) is 12.2. The van der Waals surface area contributed by atoms with E-state index in [0.29, 0.717) is 5.92 Å². The third kappa shape index (κ3) is 9.58. The van der Waals surface area contributed by atoms with E-state index in [4.69, 9.17) is 9.47 Å². The number of rotatable bonds is 11. The van der Waals surface area contributed by atoms with Crippen LogP contribution in [0.4, 0.5) is 0 Å². The summed E-state index contributed by atoms with van der Waals surface area (Å²) in [7, 11) is 0. The molecule has 1 atom stereocenters. The van der Waals surface area contributed by atoms with Gasteiger partial charge < -0.3 is 9.47 Å². The molecule has 0 radical (unpaired) electrons. The van der Waals surface area contributed by atoms with Gasteiger partial charge in [-0.25, -0.2) is 0 Å². The molecule has 0 aromatic heterocycles. The summed E-state index contributed by atoms with van der Waals surface area (Å²) < 4.78 is 10.8. The molecule has 0 aliphatic heterocycles. The van der Waals surface area contributed by atoms with E-state index in [9.17, 15) is 0 Å². The van der Waals surface area contributed by atoms with E-state index < -0.39 is 0 Å². The molecule has 0 aliphatic rings. The standard InChI is InChI=1S/C12H26BrNO2/c1-4-15-8-6-14(7-9-16-5-2)11-12(3)10-13/h12H,4-11H2,1-3H3. The molecule has 0 aliphatic carbocycles. The molecule has 0 spiro atoms. The second kappa shape index (κ2) is 11.8. The van der Waals surface area contributed by atoms with Crippen LogP contribution in [0.5, 0.6) is 0 Å². The summed E-state index contributed by atoms with van der Waals surface area (Å²) in [6.45, 7) is 12.7. The fourth-order valence-electron chi connectivity index (χ4n) is 1.46. The maximum Gasteiger partial charge on any atom is 0.0593 e. The van der Waals surface area contributed by atoms with Crippen molar-refractivity contribution in [1.29, 1.82) is 0 Å². The topological polar surface area (TPSA) is 21.7 Å². The van der Waals surface area contributed by atoms with Crippen molar-refractivity contribution in [2.24, 2.45) is 5.92 Å². The van der Waals surface area contributed by atoms with Crippen LogP contribution in [0, 0.1) is 5.92 Å². The third-order valence-corrected chi connectivity index (χ3v) is 3.45. The minimum absolute atomic E-state index is 0.670. The average Bonchev–Trinajstić information content (AvgIpc) is 2.29. The first-order valence-corrected chi connectivity index (χ1v) is 7.30. The van der Waals surface area contributed by atoms with Crippen molar-refractivity contribution in [2.75, 3.05) is 51.4 Å². The van der Waals surface area contributed by atoms with Gasteiger partial charge in [0.15, 0.2) is 0 Å². The van der Waals surface area contributed by atoms with Gasteiger partial charge in [0.25, 0.3) is 0 Å². The van der Waals surface area contributed by atoms with Crippen LogP contribution in [0.15, 0.2) is 0 Å². The minimum atomic E-state index is 0.670. The van der Waals surface area contributed by atoms with Crippen molar-refractivity contribution >= 4 is 15.9 Å². The van der Waals surface area contributed by atoms with Crippen molar-refractivity contribution in [1.82, 2.24) is 4.90 Å². The summed E-state index contributed by atoms with van der Waals surface area (Å²) in [6.07, 6.45) is 0. The number of alkyl halides is 1. The summed E-state index contributed by atoms with van der Waals surface area (Å²) >= 11 is 3.52. The largest absolute Gasteiger partial charge is 0.380 e. The van der Waals surface area contributed by atoms with Crippen molar-refractivity contribution in [2.45, 2.75) is 20.8 Å². The van der Waals surface area contributed by atoms with Gasteiger partial charge in [-0.3, -0.25) is 4.90 Å². The van der Waals surface area contributed by atoms with Gasteiger partial charge in [0.1, 0.15) is 0 Å². The number of ether oxygens (including phenoxy) is 2. The van der Waals surface area contributed by atoms with Crippen LogP contribution in [0.25, 0.3) is 0 Å². The van der Waals surface area contributed by atoms with Crippen LogP contribution in [0.2, 0.25) is 0 Å². The summed E-state index contributed by atoms with van der Waals surface area (Å²) in [6, 6.07) is 0. The molecule has 3 nitrogen and oxygen atoms in total. The number of halogens is 1. The van der Waals surface area contributed by atoms with Gasteiger partial charge >= 0.3 is 0 Å². The van der Waals surface area contributed by atoms with Crippen LogP contribution in [-0.4, -0.2) is 56.3 Å². The van der Waals surface area contributed by atoms with Crippen molar-refractivity contribution in [3.05, 3.63) is 0 Å². The Morgan fingerprint density at radius 3 is 1.94 bits per heavy atom. The number of hydrogen-bond donors (Lipinski definition) is 0. The second-order valence-corrected chi connectivity index (χ2v) is 4.60. The molecule has 4 heteroatoms. The lowest BCUT2D eigenvalue weighted by Gasteiger charge is -2.24. The summed E-state index contributed by atoms with van der Waals surface area (Å²) in [5.41, 5.74) is 0. The first-order chi connectivity index (χ1) is 7.74. The van der Waals surface area contributed by atoms with E-state index in [-0.39, 0.29) is 0 Å². The monoisotopic (exact) mass is 295 g/mol. The van der Waals surface area contributed by atoms with E-state index in [2.05, 4.69) is 27.8 Å². The fourth-order valence-corrected chi connectivity index (χ4v) is 1.66. The Hall–Kier alpha value is 0.360. The molecule has 98 valence electrons. The zero-order valence-corrected chi connectivity index (χ0v) is 12.5. The molecule has 0 bridgehead atoms. The van der Waals surface area contributed by atoms with Gasteiger partial charge in [-0.05, 0) is 19.8 Å². The first-order valence-electron chi connectivity index (χ1n) is 6.18. The predicted octanol–water partition coefficient (Wildman–Crippen LogP) is 2.39. The van der Waals surface area contributed by atoms with Gasteiger partial charge in [0.05, 0.1) is 13.2 Å². The maximum absolute atomic E-state index is 5.39. The van der Waals surface area contributed by atoms with Crippen LogP contribution in [-0.2, 0) is 9.47 Å². The second-order valence-electron chi connectivity index (χ2n) is 3.95.